The molecule has 0 aliphatic heterocycles. The van der Waals surface area contributed by atoms with Crippen LogP contribution in [-0.2, 0) is 4.74 Å². The third kappa shape index (κ3) is 5.82. The van der Waals surface area contributed by atoms with Crippen molar-refractivity contribution >= 4 is 0 Å². The molecule has 1 rings (SSSR count). The van der Waals surface area contributed by atoms with E-state index in [9.17, 15) is 10.2 Å². The van der Waals surface area contributed by atoms with Crippen LogP contribution in [0.15, 0.2) is 0 Å². The van der Waals surface area contributed by atoms with Crippen LogP contribution in [-0.4, -0.2) is 48.7 Å². The molecule has 1 fully saturated rings. The lowest BCUT2D eigenvalue weighted by Crippen LogP contribution is -2.35. The summed E-state index contributed by atoms with van der Waals surface area (Å²) in [4.78, 5) is 0. The molecule has 3 unspecified atom stereocenters. The molecule has 4 nitrogen and oxygen atoms in total. The summed E-state index contributed by atoms with van der Waals surface area (Å²) in [5.41, 5.74) is 0. The Hall–Kier alpha value is -0.160. The second kappa shape index (κ2) is 8.03. The molecule has 0 spiro atoms. The molecule has 0 saturated heterocycles. The van der Waals surface area contributed by atoms with Crippen molar-refractivity contribution in [2.24, 2.45) is 11.8 Å². The van der Waals surface area contributed by atoms with Gasteiger partial charge in [0.2, 0.25) is 0 Å². The second-order valence-electron chi connectivity index (χ2n) is 5.33. The third-order valence-corrected chi connectivity index (χ3v) is 3.46. The van der Waals surface area contributed by atoms with Crippen LogP contribution in [0.2, 0.25) is 0 Å². The molecule has 3 atom stereocenters. The molecule has 1 aliphatic rings. The van der Waals surface area contributed by atoms with Gasteiger partial charge in [-0.3, -0.25) is 0 Å². The number of ether oxygens (including phenoxy) is 1. The van der Waals surface area contributed by atoms with Gasteiger partial charge in [0, 0.05) is 13.2 Å². The van der Waals surface area contributed by atoms with E-state index in [1.165, 1.54) is 12.8 Å². The molecular weight excluding hydrogens is 218 g/mol. The average molecular weight is 245 g/mol. The van der Waals surface area contributed by atoms with Gasteiger partial charge in [-0.25, -0.2) is 0 Å². The van der Waals surface area contributed by atoms with Crippen molar-refractivity contribution in [2.75, 3.05) is 26.3 Å². The molecule has 4 heteroatoms. The molecule has 0 heterocycles. The molecule has 0 amide bonds. The highest BCUT2D eigenvalue weighted by atomic mass is 16.5. The largest absolute Gasteiger partial charge is 0.396 e. The SMILES string of the molecule is CC(C)OCC(O)CNCC1CCCC1CO. The van der Waals surface area contributed by atoms with Crippen LogP contribution in [0.4, 0.5) is 0 Å². The Morgan fingerprint density at radius 3 is 2.65 bits per heavy atom. The van der Waals surface area contributed by atoms with Gasteiger partial charge in [0.1, 0.15) is 0 Å². The first-order valence-corrected chi connectivity index (χ1v) is 6.74. The van der Waals surface area contributed by atoms with Gasteiger partial charge in [-0.2, -0.15) is 0 Å². The molecule has 3 N–H and O–H groups in total. The number of nitrogens with one attached hydrogen (secondary N) is 1. The number of hydrogen-bond acceptors (Lipinski definition) is 4. The maximum atomic E-state index is 9.66. The lowest BCUT2D eigenvalue weighted by Gasteiger charge is -2.19. The zero-order valence-electron chi connectivity index (χ0n) is 11.1. The van der Waals surface area contributed by atoms with Crippen molar-refractivity contribution in [3.05, 3.63) is 0 Å². The monoisotopic (exact) mass is 245 g/mol. The molecule has 0 aromatic rings. The molecule has 0 aromatic heterocycles. The van der Waals surface area contributed by atoms with Crippen molar-refractivity contribution in [1.29, 1.82) is 0 Å². The molecule has 0 bridgehead atoms. The topological polar surface area (TPSA) is 61.7 Å². The highest BCUT2D eigenvalue weighted by molar-refractivity contribution is 4.78. The number of aliphatic hydroxyl groups excluding tert-OH is 2. The first kappa shape index (κ1) is 14.9. The predicted molar refractivity (Wildman–Crippen MR) is 67.9 cm³/mol. The molecule has 1 saturated carbocycles. The number of rotatable bonds is 8. The molecular formula is C13H27NO3. The Kier molecular flexibility index (Phi) is 7.04. The molecule has 0 aromatic carbocycles. The molecule has 0 radical (unpaired) electrons. The Morgan fingerprint density at radius 1 is 1.29 bits per heavy atom. The van der Waals surface area contributed by atoms with E-state index in [1.807, 2.05) is 13.8 Å². The summed E-state index contributed by atoms with van der Waals surface area (Å²) in [7, 11) is 0. The molecule has 1 aliphatic carbocycles. The van der Waals surface area contributed by atoms with Crippen molar-refractivity contribution < 1.29 is 14.9 Å². The standard InChI is InChI=1S/C13H27NO3/c1-10(2)17-9-13(16)7-14-6-11-4-3-5-12(11)8-15/h10-16H,3-9H2,1-2H3. The normalized spacial score (nSPS) is 26.6. The van der Waals surface area contributed by atoms with E-state index in [-0.39, 0.29) is 6.10 Å². The minimum atomic E-state index is -0.439. The van der Waals surface area contributed by atoms with Gasteiger partial charge in [0.25, 0.3) is 0 Å². The van der Waals surface area contributed by atoms with Crippen LogP contribution < -0.4 is 5.32 Å². The first-order chi connectivity index (χ1) is 8.13. The zero-order valence-corrected chi connectivity index (χ0v) is 11.1. The van der Waals surface area contributed by atoms with Gasteiger partial charge in [0.05, 0.1) is 18.8 Å². The van der Waals surface area contributed by atoms with Gasteiger partial charge in [-0.05, 0) is 45.1 Å². The Balaban J connectivity index is 2.06. The third-order valence-electron chi connectivity index (χ3n) is 3.46. The van der Waals surface area contributed by atoms with Crippen LogP contribution in [0, 0.1) is 11.8 Å². The Labute approximate surface area is 104 Å². The lowest BCUT2D eigenvalue weighted by molar-refractivity contribution is 0.00592. The summed E-state index contributed by atoms with van der Waals surface area (Å²) in [6.07, 6.45) is 3.28. The quantitative estimate of drug-likeness (QED) is 0.591. The fourth-order valence-corrected chi connectivity index (χ4v) is 2.42. The van der Waals surface area contributed by atoms with E-state index in [4.69, 9.17) is 4.74 Å². The number of aliphatic hydroxyl groups is 2. The summed E-state index contributed by atoms with van der Waals surface area (Å²) in [5, 5.41) is 22.1. The van der Waals surface area contributed by atoms with Crippen molar-refractivity contribution in [1.82, 2.24) is 5.32 Å². The van der Waals surface area contributed by atoms with E-state index in [0.29, 0.717) is 31.6 Å². The minimum Gasteiger partial charge on any atom is -0.396 e. The Bertz CT molecular complexity index is 199. The van der Waals surface area contributed by atoms with Gasteiger partial charge in [0.15, 0.2) is 0 Å². The average Bonchev–Trinajstić information content (AvgIpc) is 2.74. The summed E-state index contributed by atoms with van der Waals surface area (Å²) < 4.78 is 5.34. The second-order valence-corrected chi connectivity index (χ2v) is 5.33. The van der Waals surface area contributed by atoms with E-state index in [1.54, 1.807) is 0 Å². The van der Waals surface area contributed by atoms with Gasteiger partial charge in [-0.15, -0.1) is 0 Å². The van der Waals surface area contributed by atoms with E-state index < -0.39 is 6.10 Å². The van der Waals surface area contributed by atoms with Crippen molar-refractivity contribution in [3.8, 4) is 0 Å². The van der Waals surface area contributed by atoms with Gasteiger partial charge < -0.3 is 20.3 Å². The van der Waals surface area contributed by atoms with Crippen LogP contribution in [0.25, 0.3) is 0 Å². The lowest BCUT2D eigenvalue weighted by atomic mass is 9.97. The van der Waals surface area contributed by atoms with Gasteiger partial charge in [-0.1, -0.05) is 6.42 Å². The van der Waals surface area contributed by atoms with Crippen molar-refractivity contribution in [2.45, 2.75) is 45.3 Å². The van der Waals surface area contributed by atoms with Crippen LogP contribution >= 0.6 is 0 Å². The Morgan fingerprint density at radius 2 is 2.00 bits per heavy atom. The zero-order chi connectivity index (χ0) is 12.7. The number of hydrogen-bond donors (Lipinski definition) is 3. The summed E-state index contributed by atoms with van der Waals surface area (Å²) in [6, 6.07) is 0. The van der Waals surface area contributed by atoms with Gasteiger partial charge >= 0.3 is 0 Å². The highest BCUT2D eigenvalue weighted by Gasteiger charge is 2.26. The highest BCUT2D eigenvalue weighted by Crippen LogP contribution is 2.30. The molecule has 102 valence electrons. The van der Waals surface area contributed by atoms with E-state index in [0.717, 1.165) is 13.0 Å². The summed E-state index contributed by atoms with van der Waals surface area (Å²) in [6.45, 7) is 6.07. The molecule has 17 heavy (non-hydrogen) atoms. The first-order valence-electron chi connectivity index (χ1n) is 6.74. The van der Waals surface area contributed by atoms with E-state index in [2.05, 4.69) is 5.32 Å². The van der Waals surface area contributed by atoms with Crippen molar-refractivity contribution in [3.63, 3.8) is 0 Å². The summed E-state index contributed by atoms with van der Waals surface area (Å²) >= 11 is 0. The minimum absolute atomic E-state index is 0.165. The maximum absolute atomic E-state index is 9.66. The predicted octanol–water partition coefficient (Wildman–Crippen LogP) is 0.770. The smallest absolute Gasteiger partial charge is 0.0897 e. The summed E-state index contributed by atoms with van der Waals surface area (Å²) in [5.74, 6) is 1.02. The van der Waals surface area contributed by atoms with Crippen LogP contribution in [0.5, 0.6) is 0 Å². The van der Waals surface area contributed by atoms with Crippen LogP contribution in [0.1, 0.15) is 33.1 Å². The maximum Gasteiger partial charge on any atom is 0.0897 e. The fourth-order valence-electron chi connectivity index (χ4n) is 2.42. The van der Waals surface area contributed by atoms with E-state index >= 15 is 0 Å². The van der Waals surface area contributed by atoms with Crippen LogP contribution in [0.3, 0.4) is 0 Å². The fraction of sp³-hybridized carbons (Fsp3) is 1.00.